The summed E-state index contributed by atoms with van der Waals surface area (Å²) in [6.07, 6.45) is 1.51. The van der Waals surface area contributed by atoms with E-state index in [4.69, 9.17) is 9.47 Å². The van der Waals surface area contributed by atoms with Crippen LogP contribution in [-0.4, -0.2) is 53.0 Å². The van der Waals surface area contributed by atoms with Crippen molar-refractivity contribution >= 4 is 23.1 Å². The Kier molecular flexibility index (Phi) is 5.20. The van der Waals surface area contributed by atoms with Gasteiger partial charge in [-0.05, 0) is 44.0 Å². The minimum atomic E-state index is -0.0570. The molecule has 0 unspecified atom stereocenters. The molecule has 2 aromatic heterocycles. The number of hydrogen-bond acceptors (Lipinski definition) is 7. The predicted molar refractivity (Wildman–Crippen MR) is 109 cm³/mol. The van der Waals surface area contributed by atoms with Gasteiger partial charge in [-0.2, -0.15) is 4.52 Å². The second-order valence-electron chi connectivity index (χ2n) is 7.03. The summed E-state index contributed by atoms with van der Waals surface area (Å²) in [5.74, 6) is 2.84. The van der Waals surface area contributed by atoms with E-state index in [1.165, 1.54) is 0 Å². The van der Waals surface area contributed by atoms with Gasteiger partial charge < -0.3 is 19.7 Å². The molecule has 1 aliphatic heterocycles. The van der Waals surface area contributed by atoms with Gasteiger partial charge in [0.1, 0.15) is 17.3 Å². The zero-order valence-corrected chi connectivity index (χ0v) is 16.8. The fraction of sp³-hybridized carbons (Fsp3) is 0.400. The number of rotatable bonds is 5. The summed E-state index contributed by atoms with van der Waals surface area (Å²) < 4.78 is 12.3. The van der Waals surface area contributed by atoms with E-state index in [-0.39, 0.29) is 11.8 Å². The number of aromatic nitrogens is 4. The molecule has 1 aromatic carbocycles. The van der Waals surface area contributed by atoms with Crippen LogP contribution in [0, 0.1) is 12.8 Å². The molecule has 0 aliphatic carbocycles. The summed E-state index contributed by atoms with van der Waals surface area (Å²) in [4.78, 5) is 15.0. The van der Waals surface area contributed by atoms with Crippen molar-refractivity contribution in [2.45, 2.75) is 19.8 Å². The highest BCUT2D eigenvalue weighted by Crippen LogP contribution is 2.30. The average molecular weight is 396 g/mol. The fourth-order valence-corrected chi connectivity index (χ4v) is 3.56. The number of fused-ring (bicyclic) bond motifs is 1. The van der Waals surface area contributed by atoms with E-state index in [2.05, 4.69) is 25.5 Å². The Morgan fingerprint density at radius 2 is 1.90 bits per heavy atom. The summed E-state index contributed by atoms with van der Waals surface area (Å²) in [6, 6.07) is 9.22. The summed E-state index contributed by atoms with van der Waals surface area (Å²) in [5.41, 5.74) is 1.38. The van der Waals surface area contributed by atoms with Crippen molar-refractivity contribution in [3.05, 3.63) is 36.2 Å². The van der Waals surface area contributed by atoms with Gasteiger partial charge in [0, 0.05) is 25.1 Å². The van der Waals surface area contributed by atoms with E-state index >= 15 is 0 Å². The first-order valence-corrected chi connectivity index (χ1v) is 9.56. The van der Waals surface area contributed by atoms with Crippen molar-refractivity contribution in [1.29, 1.82) is 0 Å². The topological polar surface area (TPSA) is 93.9 Å². The molecule has 29 heavy (non-hydrogen) atoms. The fourth-order valence-electron chi connectivity index (χ4n) is 3.56. The van der Waals surface area contributed by atoms with Crippen LogP contribution < -0.4 is 19.7 Å². The van der Waals surface area contributed by atoms with Crippen molar-refractivity contribution in [3.8, 4) is 11.5 Å². The maximum absolute atomic E-state index is 12.8. The number of nitrogens with one attached hydrogen (secondary N) is 1. The number of carbonyl (C=O) groups excluding carboxylic acids is 1. The average Bonchev–Trinajstić information content (AvgIpc) is 3.14. The van der Waals surface area contributed by atoms with E-state index < -0.39 is 0 Å². The molecule has 1 saturated heterocycles. The minimum Gasteiger partial charge on any atom is -0.497 e. The van der Waals surface area contributed by atoms with Crippen LogP contribution in [0.15, 0.2) is 30.3 Å². The normalized spacial score (nSPS) is 14.8. The Bertz CT molecular complexity index is 1030. The lowest BCUT2D eigenvalue weighted by molar-refractivity contribution is -0.120. The molecule has 9 heteroatoms. The molecule has 1 aliphatic rings. The van der Waals surface area contributed by atoms with E-state index in [0.29, 0.717) is 17.2 Å². The van der Waals surface area contributed by atoms with Crippen LogP contribution in [0.4, 0.5) is 11.5 Å². The molecule has 1 amide bonds. The lowest BCUT2D eigenvalue weighted by atomic mass is 9.95. The van der Waals surface area contributed by atoms with Gasteiger partial charge in [0.05, 0.1) is 19.9 Å². The van der Waals surface area contributed by atoms with E-state index in [1.807, 2.05) is 19.1 Å². The largest absolute Gasteiger partial charge is 0.497 e. The predicted octanol–water partition coefficient (Wildman–Crippen LogP) is 2.31. The van der Waals surface area contributed by atoms with Gasteiger partial charge in [-0.25, -0.2) is 0 Å². The second-order valence-corrected chi connectivity index (χ2v) is 7.03. The van der Waals surface area contributed by atoms with Crippen LogP contribution in [0.25, 0.3) is 5.65 Å². The number of ether oxygens (including phenoxy) is 2. The van der Waals surface area contributed by atoms with Gasteiger partial charge in [-0.3, -0.25) is 4.79 Å². The Hall–Kier alpha value is -3.36. The molecule has 152 valence electrons. The smallest absolute Gasteiger partial charge is 0.227 e. The summed E-state index contributed by atoms with van der Waals surface area (Å²) in [6.45, 7) is 3.40. The number of amides is 1. The molecule has 1 N–H and O–H groups in total. The molecular weight excluding hydrogens is 372 g/mol. The second kappa shape index (κ2) is 7.94. The lowest BCUT2D eigenvalue weighted by Gasteiger charge is -2.32. The zero-order valence-electron chi connectivity index (χ0n) is 16.8. The SMILES string of the molecule is COc1ccc(NC(=O)C2CCN(c3ccc4nnc(C)n4n3)CC2)c(OC)c1. The number of aryl methyl sites for hydroxylation is 1. The molecule has 0 saturated carbocycles. The van der Waals surface area contributed by atoms with Crippen molar-refractivity contribution < 1.29 is 14.3 Å². The first kappa shape index (κ1) is 19.0. The Balaban J connectivity index is 1.40. The quantitative estimate of drug-likeness (QED) is 0.707. The van der Waals surface area contributed by atoms with Gasteiger partial charge >= 0.3 is 0 Å². The van der Waals surface area contributed by atoms with E-state index in [9.17, 15) is 4.79 Å². The Labute approximate surface area is 168 Å². The molecule has 9 nitrogen and oxygen atoms in total. The first-order chi connectivity index (χ1) is 14.1. The Morgan fingerprint density at radius 3 is 2.62 bits per heavy atom. The lowest BCUT2D eigenvalue weighted by Crippen LogP contribution is -2.38. The molecule has 0 spiro atoms. The van der Waals surface area contributed by atoms with Crippen LogP contribution in [0.5, 0.6) is 11.5 Å². The maximum Gasteiger partial charge on any atom is 0.227 e. The van der Waals surface area contributed by atoms with Crippen LogP contribution in [0.2, 0.25) is 0 Å². The highest BCUT2D eigenvalue weighted by molar-refractivity contribution is 5.94. The van der Waals surface area contributed by atoms with Gasteiger partial charge in [0.15, 0.2) is 11.5 Å². The summed E-state index contributed by atoms with van der Waals surface area (Å²) in [5, 5.41) is 15.7. The number of carbonyl (C=O) groups is 1. The molecule has 0 bridgehead atoms. The molecule has 0 radical (unpaired) electrons. The summed E-state index contributed by atoms with van der Waals surface area (Å²) >= 11 is 0. The first-order valence-electron chi connectivity index (χ1n) is 9.56. The highest BCUT2D eigenvalue weighted by Gasteiger charge is 2.26. The number of benzene rings is 1. The number of hydrogen-bond donors (Lipinski definition) is 1. The van der Waals surface area contributed by atoms with Gasteiger partial charge in [0.25, 0.3) is 0 Å². The number of methoxy groups -OCH3 is 2. The molecule has 3 aromatic rings. The molecule has 3 heterocycles. The standard InChI is InChI=1S/C20H24N6O3/c1-13-22-23-18-6-7-19(24-26(13)18)25-10-8-14(9-11-25)20(27)21-16-5-4-15(28-2)12-17(16)29-3/h4-7,12,14H,8-11H2,1-3H3,(H,21,27). The summed E-state index contributed by atoms with van der Waals surface area (Å²) in [7, 11) is 3.17. The van der Waals surface area contributed by atoms with Gasteiger partial charge in [0.2, 0.25) is 5.91 Å². The number of nitrogens with zero attached hydrogens (tertiary/aromatic N) is 5. The van der Waals surface area contributed by atoms with E-state index in [1.54, 1.807) is 36.9 Å². The van der Waals surface area contributed by atoms with Crippen LogP contribution in [-0.2, 0) is 4.79 Å². The van der Waals surface area contributed by atoms with Crippen molar-refractivity contribution in [3.63, 3.8) is 0 Å². The van der Waals surface area contributed by atoms with Crippen molar-refractivity contribution in [2.75, 3.05) is 37.5 Å². The molecular formula is C20H24N6O3. The van der Waals surface area contributed by atoms with Crippen LogP contribution >= 0.6 is 0 Å². The monoisotopic (exact) mass is 396 g/mol. The molecule has 0 atom stereocenters. The van der Waals surface area contributed by atoms with Crippen molar-refractivity contribution in [2.24, 2.45) is 5.92 Å². The van der Waals surface area contributed by atoms with Crippen LogP contribution in [0.1, 0.15) is 18.7 Å². The van der Waals surface area contributed by atoms with Crippen LogP contribution in [0.3, 0.4) is 0 Å². The van der Waals surface area contributed by atoms with Gasteiger partial charge in [-0.15, -0.1) is 15.3 Å². The number of piperidine rings is 1. The third kappa shape index (κ3) is 3.80. The van der Waals surface area contributed by atoms with Crippen molar-refractivity contribution in [1.82, 2.24) is 19.8 Å². The molecule has 4 rings (SSSR count). The zero-order chi connectivity index (χ0) is 20.4. The van der Waals surface area contributed by atoms with E-state index in [0.717, 1.165) is 43.2 Å². The highest BCUT2D eigenvalue weighted by atomic mass is 16.5. The van der Waals surface area contributed by atoms with Gasteiger partial charge in [-0.1, -0.05) is 0 Å². The number of anilines is 2. The minimum absolute atomic E-state index is 0.00572. The third-order valence-corrected chi connectivity index (χ3v) is 5.26. The Morgan fingerprint density at radius 1 is 1.10 bits per heavy atom. The third-order valence-electron chi connectivity index (χ3n) is 5.26. The maximum atomic E-state index is 12.8. The molecule has 1 fully saturated rings.